The Balaban J connectivity index is 2.05. The number of aromatic nitrogens is 1. The van der Waals surface area contributed by atoms with Crippen molar-refractivity contribution in [3.05, 3.63) is 64.9 Å². The highest BCUT2D eigenvalue weighted by Gasteiger charge is 2.12. The minimum Gasteiger partial charge on any atom is -0.313 e. The van der Waals surface area contributed by atoms with E-state index in [0.29, 0.717) is 6.04 Å². The van der Waals surface area contributed by atoms with Crippen molar-refractivity contribution in [2.75, 3.05) is 6.54 Å². The highest BCUT2D eigenvalue weighted by Crippen LogP contribution is 2.17. The Labute approximate surface area is 126 Å². The molecule has 3 heteroatoms. The van der Waals surface area contributed by atoms with Crippen molar-refractivity contribution in [3.8, 4) is 0 Å². The first-order chi connectivity index (χ1) is 9.79. The molecule has 0 aliphatic heterocycles. The van der Waals surface area contributed by atoms with Crippen LogP contribution < -0.4 is 5.32 Å². The van der Waals surface area contributed by atoms with Crippen LogP contribution in [0.4, 0.5) is 0 Å². The zero-order chi connectivity index (χ0) is 14.2. The number of nitrogens with zero attached hydrogens (tertiary/aromatic N) is 1. The molecule has 0 saturated heterocycles. The van der Waals surface area contributed by atoms with Crippen LogP contribution in [-0.4, -0.2) is 17.6 Å². The summed E-state index contributed by atoms with van der Waals surface area (Å²) in [7, 11) is 0. The van der Waals surface area contributed by atoms with Crippen LogP contribution in [0.2, 0.25) is 5.02 Å². The fourth-order valence-electron chi connectivity index (χ4n) is 2.27. The van der Waals surface area contributed by atoms with Gasteiger partial charge in [-0.25, -0.2) is 0 Å². The van der Waals surface area contributed by atoms with Crippen LogP contribution in [0.15, 0.2) is 48.7 Å². The molecule has 0 fully saturated rings. The predicted molar refractivity (Wildman–Crippen MR) is 85.2 cm³/mol. The topological polar surface area (TPSA) is 24.9 Å². The van der Waals surface area contributed by atoms with Gasteiger partial charge in [-0.3, -0.25) is 4.98 Å². The standard InChI is InChI=1S/C17H21ClN2/c1-2-10-19-16(13-15-8-5-6-11-20-15)12-14-7-3-4-9-17(14)18/h3-9,11,16,19H,2,10,12-13H2,1H3. The monoisotopic (exact) mass is 288 g/mol. The average molecular weight is 289 g/mol. The van der Waals surface area contributed by atoms with Crippen LogP contribution in [0.1, 0.15) is 24.6 Å². The lowest BCUT2D eigenvalue weighted by atomic mass is 10.0. The number of hydrogen-bond acceptors (Lipinski definition) is 2. The second kappa shape index (κ2) is 8.03. The fourth-order valence-corrected chi connectivity index (χ4v) is 2.48. The van der Waals surface area contributed by atoms with Gasteiger partial charge < -0.3 is 5.32 Å². The number of halogens is 1. The molecule has 106 valence electrons. The molecule has 1 N–H and O–H groups in total. The van der Waals surface area contributed by atoms with Crippen LogP contribution in [0, 0.1) is 0 Å². The second-order valence-corrected chi connectivity index (χ2v) is 5.38. The number of pyridine rings is 1. The summed E-state index contributed by atoms with van der Waals surface area (Å²) in [5.41, 5.74) is 2.31. The van der Waals surface area contributed by atoms with Gasteiger partial charge in [0, 0.05) is 29.4 Å². The van der Waals surface area contributed by atoms with E-state index in [1.807, 2.05) is 36.5 Å². The van der Waals surface area contributed by atoms with Gasteiger partial charge in [-0.2, -0.15) is 0 Å². The maximum atomic E-state index is 6.26. The van der Waals surface area contributed by atoms with Crippen LogP contribution in [-0.2, 0) is 12.8 Å². The Bertz CT molecular complexity index is 513. The lowest BCUT2D eigenvalue weighted by molar-refractivity contribution is 0.500. The molecule has 1 heterocycles. The van der Waals surface area contributed by atoms with Gasteiger partial charge in [-0.1, -0.05) is 42.8 Å². The van der Waals surface area contributed by atoms with Crippen molar-refractivity contribution >= 4 is 11.6 Å². The van der Waals surface area contributed by atoms with Crippen molar-refractivity contribution in [1.29, 1.82) is 0 Å². The molecule has 1 atom stereocenters. The molecule has 20 heavy (non-hydrogen) atoms. The minimum absolute atomic E-state index is 0.366. The number of hydrogen-bond donors (Lipinski definition) is 1. The molecular formula is C17H21ClN2. The second-order valence-electron chi connectivity index (χ2n) is 4.97. The average Bonchev–Trinajstić information content (AvgIpc) is 2.48. The Hall–Kier alpha value is -1.38. The zero-order valence-corrected chi connectivity index (χ0v) is 12.6. The van der Waals surface area contributed by atoms with Crippen molar-refractivity contribution < 1.29 is 0 Å². The first-order valence-corrected chi connectivity index (χ1v) is 7.54. The third-order valence-corrected chi connectivity index (χ3v) is 3.66. The van der Waals surface area contributed by atoms with Gasteiger partial charge >= 0.3 is 0 Å². The van der Waals surface area contributed by atoms with Crippen LogP contribution >= 0.6 is 11.6 Å². The smallest absolute Gasteiger partial charge is 0.0438 e. The Morgan fingerprint density at radius 1 is 1.10 bits per heavy atom. The van der Waals surface area contributed by atoms with Crippen molar-refractivity contribution in [2.45, 2.75) is 32.2 Å². The normalized spacial score (nSPS) is 12.3. The van der Waals surface area contributed by atoms with Crippen LogP contribution in [0.3, 0.4) is 0 Å². The van der Waals surface area contributed by atoms with E-state index in [9.17, 15) is 0 Å². The largest absolute Gasteiger partial charge is 0.313 e. The number of nitrogens with one attached hydrogen (secondary N) is 1. The van der Waals surface area contributed by atoms with Crippen molar-refractivity contribution in [2.24, 2.45) is 0 Å². The summed E-state index contributed by atoms with van der Waals surface area (Å²) in [5.74, 6) is 0. The molecule has 2 nitrogen and oxygen atoms in total. The van der Waals surface area contributed by atoms with Crippen molar-refractivity contribution in [1.82, 2.24) is 10.3 Å². The quantitative estimate of drug-likeness (QED) is 0.836. The molecule has 1 aromatic heterocycles. The van der Waals surface area contributed by atoms with Gasteiger partial charge in [-0.15, -0.1) is 0 Å². The Morgan fingerprint density at radius 3 is 2.60 bits per heavy atom. The summed E-state index contributed by atoms with van der Waals surface area (Å²) >= 11 is 6.26. The van der Waals surface area contributed by atoms with E-state index in [1.165, 1.54) is 5.56 Å². The van der Waals surface area contributed by atoms with Gasteiger partial charge in [-0.05, 0) is 43.1 Å². The highest BCUT2D eigenvalue weighted by atomic mass is 35.5. The van der Waals surface area contributed by atoms with E-state index in [2.05, 4.69) is 29.4 Å². The Kier molecular flexibility index (Phi) is 6.03. The van der Waals surface area contributed by atoms with Gasteiger partial charge in [0.15, 0.2) is 0 Å². The van der Waals surface area contributed by atoms with Crippen LogP contribution in [0.25, 0.3) is 0 Å². The van der Waals surface area contributed by atoms with E-state index in [0.717, 1.165) is 36.5 Å². The molecule has 0 radical (unpaired) electrons. The summed E-state index contributed by atoms with van der Waals surface area (Å²) in [4.78, 5) is 4.42. The molecule has 0 aliphatic rings. The summed E-state index contributed by atoms with van der Waals surface area (Å²) in [6.07, 6.45) is 4.82. The molecular weight excluding hydrogens is 268 g/mol. The Morgan fingerprint density at radius 2 is 1.90 bits per heavy atom. The summed E-state index contributed by atoms with van der Waals surface area (Å²) in [5, 5.41) is 4.44. The summed E-state index contributed by atoms with van der Waals surface area (Å²) in [6.45, 7) is 3.20. The van der Waals surface area contributed by atoms with E-state index >= 15 is 0 Å². The molecule has 2 aromatic rings. The molecule has 0 saturated carbocycles. The molecule has 1 aromatic carbocycles. The minimum atomic E-state index is 0.366. The van der Waals surface area contributed by atoms with E-state index in [4.69, 9.17) is 11.6 Å². The highest BCUT2D eigenvalue weighted by molar-refractivity contribution is 6.31. The molecule has 1 unspecified atom stereocenters. The first kappa shape index (κ1) is 15.0. The van der Waals surface area contributed by atoms with E-state index < -0.39 is 0 Å². The van der Waals surface area contributed by atoms with Crippen LogP contribution in [0.5, 0.6) is 0 Å². The maximum Gasteiger partial charge on any atom is 0.0438 e. The molecule has 0 spiro atoms. The molecule has 2 rings (SSSR count). The lowest BCUT2D eigenvalue weighted by Crippen LogP contribution is -2.34. The number of benzene rings is 1. The van der Waals surface area contributed by atoms with Gasteiger partial charge in [0.1, 0.15) is 0 Å². The molecule has 0 amide bonds. The first-order valence-electron chi connectivity index (χ1n) is 7.16. The maximum absolute atomic E-state index is 6.26. The van der Waals surface area contributed by atoms with Gasteiger partial charge in [0.05, 0.1) is 0 Å². The SMILES string of the molecule is CCCNC(Cc1ccccn1)Cc1ccccc1Cl. The fraction of sp³-hybridized carbons (Fsp3) is 0.353. The lowest BCUT2D eigenvalue weighted by Gasteiger charge is -2.19. The molecule has 0 bridgehead atoms. The third kappa shape index (κ3) is 4.62. The predicted octanol–water partition coefficient (Wildman–Crippen LogP) is 3.89. The summed E-state index contributed by atoms with van der Waals surface area (Å²) in [6, 6.07) is 14.5. The van der Waals surface area contributed by atoms with Crippen molar-refractivity contribution in [3.63, 3.8) is 0 Å². The summed E-state index contributed by atoms with van der Waals surface area (Å²) < 4.78 is 0. The molecule has 0 aliphatic carbocycles. The van der Waals surface area contributed by atoms with Gasteiger partial charge in [0.25, 0.3) is 0 Å². The third-order valence-electron chi connectivity index (χ3n) is 3.29. The van der Waals surface area contributed by atoms with Gasteiger partial charge in [0.2, 0.25) is 0 Å². The zero-order valence-electron chi connectivity index (χ0n) is 11.8. The van der Waals surface area contributed by atoms with E-state index in [-0.39, 0.29) is 0 Å². The number of rotatable bonds is 7. The van der Waals surface area contributed by atoms with E-state index in [1.54, 1.807) is 0 Å².